The van der Waals surface area contributed by atoms with Gasteiger partial charge in [0.1, 0.15) is 12.6 Å². The number of carboxylic acids is 1. The highest BCUT2D eigenvalue weighted by atomic mass is 16.5. The fourth-order valence-electron chi connectivity index (χ4n) is 4.53. The molecule has 0 fully saturated rings. The Morgan fingerprint density at radius 2 is 1.57 bits per heavy atom. The summed E-state index contributed by atoms with van der Waals surface area (Å²) in [5, 5.41) is 23.5. The molecule has 2 aromatic rings. The fraction of sp³-hybridized carbons (Fsp3) is 0.444. The average molecular weight is 483 g/mol. The molecule has 2 atom stereocenters. The summed E-state index contributed by atoms with van der Waals surface area (Å²) >= 11 is 0. The normalized spacial score (nSPS) is 14.4. The summed E-state index contributed by atoms with van der Waals surface area (Å²) < 4.78 is 5.55. The molecule has 1 aliphatic rings. The third-order valence-electron chi connectivity index (χ3n) is 6.10. The van der Waals surface area contributed by atoms with E-state index in [0.29, 0.717) is 6.42 Å². The maximum Gasteiger partial charge on any atom is 0.407 e. The molecular weight excluding hydrogens is 448 g/mol. The zero-order chi connectivity index (χ0) is 25.6. The monoisotopic (exact) mass is 482 g/mol. The molecule has 0 aliphatic heterocycles. The maximum absolute atomic E-state index is 12.8. The van der Waals surface area contributed by atoms with Crippen LogP contribution in [0.3, 0.4) is 0 Å². The standard InChI is InChI=1S/C27H34N2O6/c1-27(2,3)14-17(24(31)29-23(12-13-30)25(32)33)15-28-26(34)35-16-22-20-10-6-4-8-18(20)19-9-5-7-11-21(19)22/h4-11,17,22-23,30H,12-16H2,1-3H3,(H,28,34)(H,29,31)(H,32,33)/t17?,23-/m0/s1. The first-order valence-electron chi connectivity index (χ1n) is 11.8. The third-order valence-corrected chi connectivity index (χ3v) is 6.10. The lowest BCUT2D eigenvalue weighted by molar-refractivity contribution is -0.143. The number of alkyl carbamates (subject to hydrolysis) is 1. The predicted octanol–water partition coefficient (Wildman–Crippen LogP) is 3.53. The van der Waals surface area contributed by atoms with Crippen molar-refractivity contribution in [2.75, 3.05) is 19.8 Å². The molecule has 35 heavy (non-hydrogen) atoms. The van der Waals surface area contributed by atoms with E-state index in [4.69, 9.17) is 9.84 Å². The minimum Gasteiger partial charge on any atom is -0.480 e. The highest BCUT2D eigenvalue weighted by molar-refractivity contribution is 5.85. The summed E-state index contributed by atoms with van der Waals surface area (Å²) in [7, 11) is 0. The Bertz CT molecular complexity index is 1020. The topological polar surface area (TPSA) is 125 Å². The van der Waals surface area contributed by atoms with Crippen molar-refractivity contribution in [1.29, 1.82) is 0 Å². The van der Waals surface area contributed by atoms with Gasteiger partial charge in [-0.1, -0.05) is 69.3 Å². The van der Waals surface area contributed by atoms with Crippen LogP contribution in [0.1, 0.15) is 50.7 Å². The number of rotatable bonds is 10. The van der Waals surface area contributed by atoms with Gasteiger partial charge in [-0.2, -0.15) is 0 Å². The molecule has 8 heteroatoms. The zero-order valence-corrected chi connectivity index (χ0v) is 20.4. The van der Waals surface area contributed by atoms with Crippen molar-refractivity contribution in [3.05, 3.63) is 59.7 Å². The zero-order valence-electron chi connectivity index (χ0n) is 20.4. The summed E-state index contributed by atoms with van der Waals surface area (Å²) in [5.74, 6) is -2.43. The number of ether oxygens (including phenoxy) is 1. The van der Waals surface area contributed by atoms with Gasteiger partial charge in [0.05, 0.1) is 5.92 Å². The number of carbonyl (C=O) groups is 3. The van der Waals surface area contributed by atoms with Gasteiger partial charge >= 0.3 is 12.1 Å². The van der Waals surface area contributed by atoms with Crippen molar-refractivity contribution in [2.45, 2.75) is 45.6 Å². The lowest BCUT2D eigenvalue weighted by Gasteiger charge is -2.26. The first kappa shape index (κ1) is 26.2. The summed E-state index contributed by atoms with van der Waals surface area (Å²) in [5.41, 5.74) is 4.25. The van der Waals surface area contributed by atoms with Gasteiger partial charge < -0.3 is 25.6 Å². The first-order valence-corrected chi connectivity index (χ1v) is 11.8. The Morgan fingerprint density at radius 1 is 1.00 bits per heavy atom. The van der Waals surface area contributed by atoms with E-state index in [0.717, 1.165) is 22.3 Å². The molecule has 188 valence electrons. The average Bonchev–Trinajstić information content (AvgIpc) is 3.13. The van der Waals surface area contributed by atoms with Crippen LogP contribution < -0.4 is 10.6 Å². The molecule has 2 aromatic carbocycles. The number of aliphatic hydroxyl groups excluding tert-OH is 1. The second kappa shape index (κ2) is 11.4. The Morgan fingerprint density at radius 3 is 2.09 bits per heavy atom. The van der Waals surface area contributed by atoms with E-state index in [9.17, 15) is 19.5 Å². The minimum absolute atomic E-state index is 0.00520. The lowest BCUT2D eigenvalue weighted by Crippen LogP contribution is -2.47. The summed E-state index contributed by atoms with van der Waals surface area (Å²) in [6.45, 7) is 5.69. The molecule has 8 nitrogen and oxygen atoms in total. The van der Waals surface area contributed by atoms with E-state index < -0.39 is 29.9 Å². The highest BCUT2D eigenvalue weighted by Crippen LogP contribution is 2.44. The molecule has 0 bridgehead atoms. The highest BCUT2D eigenvalue weighted by Gasteiger charge is 2.31. The number of carbonyl (C=O) groups excluding carboxylic acids is 2. The quantitative estimate of drug-likeness (QED) is 0.411. The minimum atomic E-state index is -1.22. The van der Waals surface area contributed by atoms with Crippen molar-refractivity contribution in [1.82, 2.24) is 10.6 Å². The number of aliphatic carboxylic acids is 1. The number of fused-ring (bicyclic) bond motifs is 3. The molecule has 0 radical (unpaired) electrons. The van der Waals surface area contributed by atoms with Crippen molar-refractivity contribution in [3.63, 3.8) is 0 Å². The van der Waals surface area contributed by atoms with E-state index in [1.165, 1.54) is 0 Å². The Hall–Kier alpha value is -3.39. The number of aliphatic hydroxyl groups is 1. The van der Waals surface area contributed by atoms with E-state index in [1.807, 2.05) is 57.2 Å². The Kier molecular flexibility index (Phi) is 8.51. The number of hydrogen-bond donors (Lipinski definition) is 4. The third kappa shape index (κ3) is 6.82. The molecule has 4 N–H and O–H groups in total. The molecule has 3 rings (SSSR count). The molecule has 1 aliphatic carbocycles. The van der Waals surface area contributed by atoms with Crippen LogP contribution in [-0.2, 0) is 14.3 Å². The van der Waals surface area contributed by atoms with Crippen molar-refractivity contribution in [3.8, 4) is 11.1 Å². The van der Waals surface area contributed by atoms with Crippen LogP contribution in [0.25, 0.3) is 11.1 Å². The number of hydrogen-bond acceptors (Lipinski definition) is 5. The van der Waals surface area contributed by atoms with Gasteiger partial charge in [-0.15, -0.1) is 0 Å². The summed E-state index contributed by atoms with van der Waals surface area (Å²) in [6, 6.07) is 14.9. The van der Waals surface area contributed by atoms with Gasteiger partial charge in [0.2, 0.25) is 5.91 Å². The SMILES string of the molecule is CC(C)(C)CC(CNC(=O)OCC1c2ccccc2-c2ccccc21)C(=O)N[C@@H](CCO)C(=O)O. The Balaban J connectivity index is 1.62. The fourth-order valence-corrected chi connectivity index (χ4v) is 4.53. The second-order valence-electron chi connectivity index (χ2n) is 10.1. The van der Waals surface area contributed by atoms with Crippen LogP contribution in [0.15, 0.2) is 48.5 Å². The number of carboxylic acid groups (broad SMARTS) is 1. The van der Waals surface area contributed by atoms with Crippen LogP contribution in [0.4, 0.5) is 4.79 Å². The molecule has 0 spiro atoms. The van der Waals surface area contributed by atoms with Crippen molar-refractivity contribution in [2.24, 2.45) is 11.3 Å². The predicted molar refractivity (Wildman–Crippen MR) is 132 cm³/mol. The van der Waals surface area contributed by atoms with Gasteiger partial charge in [-0.3, -0.25) is 4.79 Å². The lowest BCUT2D eigenvalue weighted by atomic mass is 9.84. The maximum atomic E-state index is 12.8. The van der Waals surface area contributed by atoms with E-state index in [1.54, 1.807) is 0 Å². The van der Waals surface area contributed by atoms with E-state index >= 15 is 0 Å². The van der Waals surface area contributed by atoms with Gasteiger partial charge in [0, 0.05) is 25.5 Å². The molecule has 1 unspecified atom stereocenters. The number of amides is 2. The van der Waals surface area contributed by atoms with Crippen LogP contribution in [0.5, 0.6) is 0 Å². The second-order valence-corrected chi connectivity index (χ2v) is 10.1. The Labute approximate surface area is 205 Å². The van der Waals surface area contributed by atoms with Crippen molar-refractivity contribution >= 4 is 18.0 Å². The van der Waals surface area contributed by atoms with Gasteiger partial charge in [0.15, 0.2) is 0 Å². The smallest absolute Gasteiger partial charge is 0.407 e. The van der Waals surface area contributed by atoms with Gasteiger partial charge in [0.25, 0.3) is 0 Å². The van der Waals surface area contributed by atoms with Crippen LogP contribution in [-0.4, -0.2) is 54.0 Å². The molecule has 0 aromatic heterocycles. The largest absolute Gasteiger partial charge is 0.480 e. The first-order chi connectivity index (χ1) is 16.6. The van der Waals surface area contributed by atoms with E-state index in [2.05, 4.69) is 22.8 Å². The number of benzene rings is 2. The van der Waals surface area contributed by atoms with Crippen LogP contribution in [0.2, 0.25) is 0 Å². The summed E-state index contributed by atoms with van der Waals surface area (Å²) in [6.07, 6.45) is -0.305. The van der Waals surface area contributed by atoms with Gasteiger partial charge in [-0.05, 0) is 34.1 Å². The molecular formula is C27H34N2O6. The summed E-state index contributed by atoms with van der Waals surface area (Å²) in [4.78, 5) is 36.7. The van der Waals surface area contributed by atoms with Gasteiger partial charge in [-0.25, -0.2) is 9.59 Å². The number of nitrogens with one attached hydrogen (secondary N) is 2. The van der Waals surface area contributed by atoms with Crippen molar-refractivity contribution < 1.29 is 29.3 Å². The molecule has 0 heterocycles. The molecule has 0 saturated heterocycles. The molecule has 2 amide bonds. The van der Waals surface area contributed by atoms with Crippen LogP contribution in [0, 0.1) is 11.3 Å². The van der Waals surface area contributed by atoms with Crippen LogP contribution >= 0.6 is 0 Å². The van der Waals surface area contributed by atoms with E-state index in [-0.39, 0.29) is 37.5 Å². The molecule has 0 saturated carbocycles.